The maximum absolute atomic E-state index is 12.0. The molecular weight excluding hydrogens is 318 g/mol. The first-order chi connectivity index (χ1) is 11.0. The largest absolute Gasteiger partial charge is 0.449 e. The molecule has 2 rings (SSSR count). The van der Waals surface area contributed by atoms with E-state index in [1.165, 1.54) is 25.3 Å². The molecule has 1 N–H and O–H groups in total. The first-order valence-corrected chi connectivity index (χ1v) is 7.01. The van der Waals surface area contributed by atoms with Gasteiger partial charge in [-0.3, -0.25) is 4.79 Å². The second-order valence-electron chi connectivity index (χ2n) is 4.60. The zero-order valence-corrected chi connectivity index (χ0v) is 12.9. The van der Waals surface area contributed by atoms with E-state index in [1.807, 2.05) is 6.07 Å². The SMILES string of the molecule is C[C@H](OC(=O)c1ccc(Cl)nc1)C(=O)Nc1ccc(C#N)cc1. The van der Waals surface area contributed by atoms with Crippen molar-refractivity contribution < 1.29 is 14.3 Å². The van der Waals surface area contributed by atoms with Crippen LogP contribution in [0.3, 0.4) is 0 Å². The maximum atomic E-state index is 12.0. The molecule has 0 fully saturated rings. The molecule has 23 heavy (non-hydrogen) atoms. The van der Waals surface area contributed by atoms with Crippen molar-refractivity contribution in [3.05, 3.63) is 58.9 Å². The van der Waals surface area contributed by atoms with Gasteiger partial charge in [0.05, 0.1) is 17.2 Å². The third kappa shape index (κ3) is 4.53. The Bertz CT molecular complexity index is 752. The molecule has 1 aromatic heterocycles. The van der Waals surface area contributed by atoms with Crippen LogP contribution in [-0.4, -0.2) is 23.0 Å². The number of esters is 1. The van der Waals surface area contributed by atoms with Crippen LogP contribution in [0.25, 0.3) is 0 Å². The molecule has 0 bridgehead atoms. The highest BCUT2D eigenvalue weighted by atomic mass is 35.5. The molecule has 0 unspecified atom stereocenters. The highest BCUT2D eigenvalue weighted by molar-refractivity contribution is 6.29. The van der Waals surface area contributed by atoms with Crippen molar-refractivity contribution in [3.8, 4) is 6.07 Å². The van der Waals surface area contributed by atoms with Gasteiger partial charge >= 0.3 is 5.97 Å². The van der Waals surface area contributed by atoms with E-state index in [0.717, 1.165) is 0 Å². The molecule has 1 amide bonds. The Balaban J connectivity index is 1.95. The van der Waals surface area contributed by atoms with E-state index in [2.05, 4.69) is 10.3 Å². The van der Waals surface area contributed by atoms with Crippen LogP contribution in [0.15, 0.2) is 42.6 Å². The summed E-state index contributed by atoms with van der Waals surface area (Å²) in [5.41, 5.74) is 1.19. The van der Waals surface area contributed by atoms with Crippen LogP contribution in [0.1, 0.15) is 22.8 Å². The van der Waals surface area contributed by atoms with Gasteiger partial charge in [0.2, 0.25) is 0 Å². The van der Waals surface area contributed by atoms with Gasteiger partial charge in [-0.25, -0.2) is 9.78 Å². The van der Waals surface area contributed by atoms with Crippen molar-refractivity contribution in [2.45, 2.75) is 13.0 Å². The highest BCUT2D eigenvalue weighted by Crippen LogP contribution is 2.11. The fraction of sp³-hybridized carbons (Fsp3) is 0.125. The van der Waals surface area contributed by atoms with Gasteiger partial charge in [-0.05, 0) is 43.3 Å². The van der Waals surface area contributed by atoms with Crippen molar-refractivity contribution in [2.24, 2.45) is 0 Å². The fourth-order valence-corrected chi connectivity index (χ4v) is 1.76. The van der Waals surface area contributed by atoms with Crippen molar-refractivity contribution in [1.29, 1.82) is 5.26 Å². The Morgan fingerprint density at radius 3 is 2.52 bits per heavy atom. The number of nitrogens with zero attached hydrogens (tertiary/aromatic N) is 2. The number of aromatic nitrogens is 1. The number of nitrogens with one attached hydrogen (secondary N) is 1. The van der Waals surface area contributed by atoms with Gasteiger partial charge in [-0.2, -0.15) is 5.26 Å². The summed E-state index contributed by atoms with van der Waals surface area (Å²) in [6.45, 7) is 1.46. The highest BCUT2D eigenvalue weighted by Gasteiger charge is 2.19. The van der Waals surface area contributed by atoms with Crippen molar-refractivity contribution in [2.75, 3.05) is 5.32 Å². The smallest absolute Gasteiger partial charge is 0.340 e. The third-order valence-corrected chi connectivity index (χ3v) is 3.12. The van der Waals surface area contributed by atoms with Crippen LogP contribution in [0.4, 0.5) is 5.69 Å². The minimum Gasteiger partial charge on any atom is -0.449 e. The molecule has 7 heteroatoms. The lowest BCUT2D eigenvalue weighted by atomic mass is 10.2. The van der Waals surface area contributed by atoms with E-state index in [0.29, 0.717) is 11.3 Å². The summed E-state index contributed by atoms with van der Waals surface area (Å²) >= 11 is 5.64. The van der Waals surface area contributed by atoms with Crippen molar-refractivity contribution in [1.82, 2.24) is 4.98 Å². The van der Waals surface area contributed by atoms with Gasteiger partial charge in [0.1, 0.15) is 5.15 Å². The number of benzene rings is 1. The number of amides is 1. The van der Waals surface area contributed by atoms with Crippen LogP contribution >= 0.6 is 11.6 Å². The predicted molar refractivity (Wildman–Crippen MR) is 83.9 cm³/mol. The lowest BCUT2D eigenvalue weighted by Crippen LogP contribution is -2.30. The van der Waals surface area contributed by atoms with Gasteiger partial charge in [0.15, 0.2) is 6.10 Å². The van der Waals surface area contributed by atoms with Gasteiger partial charge < -0.3 is 10.1 Å². The monoisotopic (exact) mass is 329 g/mol. The predicted octanol–water partition coefficient (Wildman–Crippen LogP) is 2.79. The zero-order valence-electron chi connectivity index (χ0n) is 12.1. The number of pyridine rings is 1. The number of nitriles is 1. The molecule has 0 radical (unpaired) electrons. The lowest BCUT2D eigenvalue weighted by Gasteiger charge is -2.13. The molecule has 116 valence electrons. The number of halogens is 1. The number of carbonyl (C=O) groups is 2. The van der Waals surface area contributed by atoms with Crippen molar-refractivity contribution >= 4 is 29.2 Å². The number of hydrogen-bond donors (Lipinski definition) is 1. The summed E-state index contributed by atoms with van der Waals surface area (Å²) in [6, 6.07) is 11.2. The minimum atomic E-state index is -0.992. The molecule has 0 aliphatic rings. The molecule has 0 aliphatic carbocycles. The molecule has 0 saturated carbocycles. The molecule has 0 saturated heterocycles. The van der Waals surface area contributed by atoms with E-state index in [-0.39, 0.29) is 10.7 Å². The Kier molecular flexibility index (Phi) is 5.28. The Morgan fingerprint density at radius 1 is 1.26 bits per heavy atom. The quantitative estimate of drug-likeness (QED) is 0.687. The van der Waals surface area contributed by atoms with Gasteiger partial charge in [0.25, 0.3) is 5.91 Å². The number of rotatable bonds is 4. The van der Waals surface area contributed by atoms with E-state index in [1.54, 1.807) is 24.3 Å². The average molecular weight is 330 g/mol. The fourth-order valence-electron chi connectivity index (χ4n) is 1.65. The Hall–Kier alpha value is -2.91. The summed E-state index contributed by atoms with van der Waals surface area (Å²) in [4.78, 5) is 27.7. The normalized spacial score (nSPS) is 11.2. The summed E-state index contributed by atoms with van der Waals surface area (Å²) in [5, 5.41) is 11.6. The Morgan fingerprint density at radius 2 is 1.96 bits per heavy atom. The van der Waals surface area contributed by atoms with Crippen LogP contribution in [0.5, 0.6) is 0 Å². The van der Waals surface area contributed by atoms with Crippen LogP contribution in [0.2, 0.25) is 5.15 Å². The van der Waals surface area contributed by atoms with Crippen LogP contribution < -0.4 is 5.32 Å². The zero-order chi connectivity index (χ0) is 16.8. The minimum absolute atomic E-state index is 0.201. The second-order valence-corrected chi connectivity index (χ2v) is 4.98. The summed E-state index contributed by atoms with van der Waals surface area (Å²) in [6.07, 6.45) is 0.282. The summed E-state index contributed by atoms with van der Waals surface area (Å²) in [5.74, 6) is -1.15. The summed E-state index contributed by atoms with van der Waals surface area (Å²) < 4.78 is 5.07. The standard InChI is InChI=1S/C16H12ClN3O3/c1-10(23-16(22)12-4-7-14(17)19-9-12)15(21)20-13-5-2-11(8-18)3-6-13/h2-7,9-10H,1H3,(H,20,21)/t10-/m0/s1. The van der Waals surface area contributed by atoms with E-state index < -0.39 is 18.0 Å². The topological polar surface area (TPSA) is 92.1 Å². The van der Waals surface area contributed by atoms with Crippen molar-refractivity contribution in [3.63, 3.8) is 0 Å². The van der Waals surface area contributed by atoms with Gasteiger partial charge in [-0.15, -0.1) is 0 Å². The van der Waals surface area contributed by atoms with Crippen LogP contribution in [-0.2, 0) is 9.53 Å². The van der Waals surface area contributed by atoms with Crippen LogP contribution in [0, 0.1) is 11.3 Å². The number of carbonyl (C=O) groups excluding carboxylic acids is 2. The Labute approximate surface area is 137 Å². The maximum Gasteiger partial charge on any atom is 0.340 e. The van der Waals surface area contributed by atoms with E-state index in [9.17, 15) is 9.59 Å². The second kappa shape index (κ2) is 7.38. The first-order valence-electron chi connectivity index (χ1n) is 6.63. The molecule has 6 nitrogen and oxygen atoms in total. The molecule has 1 atom stereocenters. The number of hydrogen-bond acceptors (Lipinski definition) is 5. The molecule has 0 aliphatic heterocycles. The van der Waals surface area contributed by atoms with E-state index in [4.69, 9.17) is 21.6 Å². The first kappa shape index (κ1) is 16.5. The molecule has 2 aromatic rings. The molecule has 1 heterocycles. The van der Waals surface area contributed by atoms with Gasteiger partial charge in [-0.1, -0.05) is 11.6 Å². The molecular formula is C16H12ClN3O3. The third-order valence-electron chi connectivity index (χ3n) is 2.90. The summed E-state index contributed by atoms with van der Waals surface area (Å²) in [7, 11) is 0. The average Bonchev–Trinajstić information content (AvgIpc) is 2.56. The number of anilines is 1. The molecule has 0 spiro atoms. The van der Waals surface area contributed by atoms with E-state index >= 15 is 0 Å². The van der Waals surface area contributed by atoms with Gasteiger partial charge in [0, 0.05) is 11.9 Å². The lowest BCUT2D eigenvalue weighted by molar-refractivity contribution is -0.123. The number of ether oxygens (including phenoxy) is 1. The molecule has 1 aromatic carbocycles.